The molecule has 1 nitrogen and oxygen atoms in total. The van der Waals surface area contributed by atoms with Gasteiger partial charge in [-0.3, -0.25) is 0 Å². The van der Waals surface area contributed by atoms with E-state index >= 15 is 0 Å². The Morgan fingerprint density at radius 1 is 1.29 bits per heavy atom. The maximum atomic E-state index is 10.2. The van der Waals surface area contributed by atoms with Crippen LogP contribution in [0.25, 0.3) is 0 Å². The van der Waals surface area contributed by atoms with Gasteiger partial charge in [0, 0.05) is 9.35 Å². The van der Waals surface area contributed by atoms with Gasteiger partial charge in [-0.05, 0) is 56.7 Å². The third-order valence-corrected chi connectivity index (χ3v) is 6.92. The van der Waals surface area contributed by atoms with Gasteiger partial charge in [-0.25, -0.2) is 0 Å². The van der Waals surface area contributed by atoms with Crippen LogP contribution in [0.15, 0.2) is 14.3 Å². The summed E-state index contributed by atoms with van der Waals surface area (Å²) in [6, 6.07) is 2.03. The average Bonchev–Trinajstić information content (AvgIpc) is 2.68. The molecule has 0 saturated heterocycles. The van der Waals surface area contributed by atoms with E-state index in [4.69, 9.17) is 0 Å². The van der Waals surface area contributed by atoms with E-state index in [9.17, 15) is 5.11 Å². The molecule has 4 heteroatoms. The summed E-state index contributed by atoms with van der Waals surface area (Å²) in [6.07, 6.45) is 8.70. The minimum atomic E-state index is -0.287. The molecule has 0 aromatic carbocycles. The highest BCUT2D eigenvalue weighted by atomic mass is 79.9. The molecular formula is C13H18Br2OS. The van der Waals surface area contributed by atoms with Crippen molar-refractivity contribution in [2.75, 3.05) is 0 Å². The Morgan fingerprint density at radius 3 is 2.59 bits per heavy atom. The zero-order valence-electron chi connectivity index (χ0n) is 9.79. The molecule has 0 radical (unpaired) electrons. The largest absolute Gasteiger partial charge is 0.388 e. The summed E-state index contributed by atoms with van der Waals surface area (Å²) in [6.45, 7) is 0. The lowest BCUT2D eigenvalue weighted by Crippen LogP contribution is -2.08. The molecule has 0 aliphatic heterocycles. The van der Waals surface area contributed by atoms with Gasteiger partial charge >= 0.3 is 0 Å². The molecule has 17 heavy (non-hydrogen) atoms. The number of hydrogen-bond acceptors (Lipinski definition) is 2. The standard InChI is InChI=1S/C13H18Br2OS/c14-10-8-12(17-13(10)15)11(16)7-6-9-4-2-1-3-5-9/h8-9,11,16H,1-7H2. The van der Waals surface area contributed by atoms with Crippen LogP contribution in [0.4, 0.5) is 0 Å². The van der Waals surface area contributed by atoms with Crippen LogP contribution in [0.1, 0.15) is 55.9 Å². The second kappa shape index (κ2) is 6.69. The number of aliphatic hydroxyl groups excluding tert-OH is 1. The van der Waals surface area contributed by atoms with Gasteiger partial charge in [0.2, 0.25) is 0 Å². The Balaban J connectivity index is 1.82. The number of aliphatic hydroxyl groups is 1. The van der Waals surface area contributed by atoms with Crippen molar-refractivity contribution >= 4 is 43.2 Å². The molecule has 1 fully saturated rings. The van der Waals surface area contributed by atoms with Gasteiger partial charge in [-0.1, -0.05) is 32.1 Å². The molecule has 1 aromatic heterocycles. The maximum absolute atomic E-state index is 10.2. The molecule has 1 atom stereocenters. The van der Waals surface area contributed by atoms with E-state index in [1.54, 1.807) is 11.3 Å². The van der Waals surface area contributed by atoms with E-state index in [1.165, 1.54) is 38.5 Å². The molecule has 0 amide bonds. The lowest BCUT2D eigenvalue weighted by molar-refractivity contribution is 0.154. The Bertz CT molecular complexity index is 339. The second-order valence-corrected chi connectivity index (χ2v) is 8.12. The second-order valence-electron chi connectivity index (χ2n) is 4.87. The molecule has 2 rings (SSSR count). The van der Waals surface area contributed by atoms with Crippen LogP contribution in [0.3, 0.4) is 0 Å². The SMILES string of the molecule is OC(CCC1CCCCC1)c1cc(Br)c(Br)s1. The zero-order chi connectivity index (χ0) is 12.3. The normalized spacial score (nSPS) is 19.5. The first kappa shape index (κ1) is 14.0. The molecule has 1 aromatic rings. The molecule has 1 unspecified atom stereocenters. The minimum Gasteiger partial charge on any atom is -0.388 e. The van der Waals surface area contributed by atoms with Gasteiger partial charge in [0.1, 0.15) is 0 Å². The van der Waals surface area contributed by atoms with Crippen LogP contribution < -0.4 is 0 Å². The van der Waals surface area contributed by atoms with Crippen molar-refractivity contribution < 1.29 is 5.11 Å². The summed E-state index contributed by atoms with van der Waals surface area (Å²) in [7, 11) is 0. The molecule has 1 heterocycles. The summed E-state index contributed by atoms with van der Waals surface area (Å²) in [5, 5.41) is 10.2. The predicted octanol–water partition coefficient (Wildman–Crippen LogP) is 5.67. The van der Waals surface area contributed by atoms with E-state index in [0.29, 0.717) is 0 Å². The van der Waals surface area contributed by atoms with Crippen LogP contribution in [0.2, 0.25) is 0 Å². The third kappa shape index (κ3) is 4.05. The average molecular weight is 382 g/mol. The molecule has 0 spiro atoms. The summed E-state index contributed by atoms with van der Waals surface area (Å²) < 4.78 is 2.12. The highest BCUT2D eigenvalue weighted by molar-refractivity contribution is 9.13. The van der Waals surface area contributed by atoms with Crippen LogP contribution in [-0.2, 0) is 0 Å². The fraction of sp³-hybridized carbons (Fsp3) is 0.692. The highest BCUT2D eigenvalue weighted by Crippen LogP contribution is 2.38. The fourth-order valence-corrected chi connectivity index (χ4v) is 4.65. The number of hydrogen-bond donors (Lipinski definition) is 1. The summed E-state index contributed by atoms with van der Waals surface area (Å²) >= 11 is 8.57. The van der Waals surface area contributed by atoms with E-state index < -0.39 is 0 Å². The van der Waals surface area contributed by atoms with E-state index in [0.717, 1.165) is 25.5 Å². The van der Waals surface area contributed by atoms with Crippen molar-refractivity contribution in [2.24, 2.45) is 5.92 Å². The number of thiophene rings is 1. The fourth-order valence-electron chi connectivity index (χ4n) is 2.54. The molecule has 1 aliphatic carbocycles. The molecule has 96 valence electrons. The van der Waals surface area contributed by atoms with Gasteiger partial charge in [0.25, 0.3) is 0 Å². The Labute approximate surface area is 124 Å². The van der Waals surface area contributed by atoms with Crippen LogP contribution in [0.5, 0.6) is 0 Å². The summed E-state index contributed by atoms with van der Waals surface area (Å²) in [4.78, 5) is 1.07. The summed E-state index contributed by atoms with van der Waals surface area (Å²) in [5.41, 5.74) is 0. The van der Waals surface area contributed by atoms with Crippen LogP contribution >= 0.6 is 43.2 Å². The Hall–Kier alpha value is 0.620. The first-order valence-electron chi connectivity index (χ1n) is 6.29. The van der Waals surface area contributed by atoms with E-state index in [2.05, 4.69) is 31.9 Å². The zero-order valence-corrected chi connectivity index (χ0v) is 13.8. The molecule has 1 aliphatic rings. The number of halogens is 2. The van der Waals surface area contributed by atoms with Crippen molar-refractivity contribution in [1.82, 2.24) is 0 Å². The quantitative estimate of drug-likeness (QED) is 0.712. The van der Waals surface area contributed by atoms with Crippen molar-refractivity contribution in [1.29, 1.82) is 0 Å². The first-order valence-corrected chi connectivity index (χ1v) is 8.70. The van der Waals surface area contributed by atoms with Gasteiger partial charge in [0.05, 0.1) is 9.89 Å². The van der Waals surface area contributed by atoms with E-state index in [1.807, 2.05) is 6.07 Å². The van der Waals surface area contributed by atoms with Gasteiger partial charge in [-0.15, -0.1) is 11.3 Å². The monoisotopic (exact) mass is 380 g/mol. The molecule has 1 saturated carbocycles. The van der Waals surface area contributed by atoms with E-state index in [-0.39, 0.29) is 6.10 Å². The van der Waals surface area contributed by atoms with Crippen molar-refractivity contribution in [3.05, 3.63) is 19.2 Å². The van der Waals surface area contributed by atoms with Gasteiger partial charge < -0.3 is 5.11 Å². The molecular weight excluding hydrogens is 364 g/mol. The smallest absolute Gasteiger partial charge is 0.0882 e. The maximum Gasteiger partial charge on any atom is 0.0882 e. The lowest BCUT2D eigenvalue weighted by Gasteiger charge is -2.22. The van der Waals surface area contributed by atoms with Crippen molar-refractivity contribution in [3.8, 4) is 0 Å². The summed E-state index contributed by atoms with van der Waals surface area (Å²) in [5.74, 6) is 0.852. The van der Waals surface area contributed by atoms with Gasteiger partial charge in [-0.2, -0.15) is 0 Å². The Kier molecular flexibility index (Phi) is 5.52. The lowest BCUT2D eigenvalue weighted by atomic mass is 9.85. The first-order chi connectivity index (χ1) is 8.16. The highest BCUT2D eigenvalue weighted by Gasteiger charge is 2.17. The minimum absolute atomic E-state index is 0.287. The molecule has 1 N–H and O–H groups in total. The van der Waals surface area contributed by atoms with Crippen LogP contribution in [0, 0.1) is 5.92 Å². The van der Waals surface area contributed by atoms with Crippen LogP contribution in [-0.4, -0.2) is 5.11 Å². The number of rotatable bonds is 4. The third-order valence-electron chi connectivity index (χ3n) is 3.57. The van der Waals surface area contributed by atoms with Crippen molar-refractivity contribution in [3.63, 3.8) is 0 Å². The van der Waals surface area contributed by atoms with Gasteiger partial charge in [0.15, 0.2) is 0 Å². The topological polar surface area (TPSA) is 20.2 Å². The molecule has 0 bridgehead atoms. The Morgan fingerprint density at radius 2 is 2.00 bits per heavy atom. The van der Waals surface area contributed by atoms with Crippen molar-refractivity contribution in [2.45, 2.75) is 51.0 Å². The predicted molar refractivity (Wildman–Crippen MR) is 80.5 cm³/mol.